The number of hydrogen-bond acceptors (Lipinski definition) is 5. The molecule has 4 aromatic rings. The second-order valence-electron chi connectivity index (χ2n) is 6.49. The number of hydrogen-bond donors (Lipinski definition) is 0. The zero-order chi connectivity index (χ0) is 20.5. The van der Waals surface area contributed by atoms with Gasteiger partial charge in [0, 0.05) is 27.1 Å². The van der Waals surface area contributed by atoms with Crippen LogP contribution in [0.5, 0.6) is 0 Å². The summed E-state index contributed by atoms with van der Waals surface area (Å²) >= 11 is 3.39. The molecule has 0 aliphatic heterocycles. The number of benzene rings is 2. The summed E-state index contributed by atoms with van der Waals surface area (Å²) in [5.41, 5.74) is 2.04. The Morgan fingerprint density at radius 1 is 1.24 bits per heavy atom. The summed E-state index contributed by atoms with van der Waals surface area (Å²) in [4.78, 5) is 29.1. The van der Waals surface area contributed by atoms with E-state index in [1.807, 2.05) is 36.5 Å². The van der Waals surface area contributed by atoms with Crippen LogP contribution in [-0.2, 0) is 16.1 Å². The standard InChI is InChI=1S/C21H17BrN4O3/c1-13-24-18-8-7-15(22)9-17(18)21(28)26(13)23-10-14-11-25(12-20(27)29-2)19-6-4-3-5-16(14)19/h3-11H,12H2,1-2H3. The molecule has 2 aromatic carbocycles. The Labute approximate surface area is 174 Å². The summed E-state index contributed by atoms with van der Waals surface area (Å²) in [5, 5.41) is 5.79. The van der Waals surface area contributed by atoms with Crippen molar-refractivity contribution < 1.29 is 9.53 Å². The van der Waals surface area contributed by atoms with Crippen molar-refractivity contribution in [2.75, 3.05) is 7.11 Å². The predicted molar refractivity (Wildman–Crippen MR) is 115 cm³/mol. The van der Waals surface area contributed by atoms with Crippen molar-refractivity contribution >= 4 is 49.9 Å². The molecule has 0 bridgehead atoms. The van der Waals surface area contributed by atoms with Gasteiger partial charge in [-0.25, -0.2) is 4.98 Å². The van der Waals surface area contributed by atoms with Crippen molar-refractivity contribution in [3.8, 4) is 0 Å². The molecule has 0 aliphatic rings. The fourth-order valence-electron chi connectivity index (χ4n) is 3.23. The maximum Gasteiger partial charge on any atom is 0.325 e. The normalized spacial score (nSPS) is 11.6. The lowest BCUT2D eigenvalue weighted by atomic mass is 10.2. The summed E-state index contributed by atoms with van der Waals surface area (Å²) in [6, 6.07) is 13.0. The zero-order valence-electron chi connectivity index (χ0n) is 15.8. The molecule has 0 amide bonds. The number of para-hydroxylation sites is 1. The SMILES string of the molecule is COC(=O)Cn1cc(C=Nn2c(C)nc3ccc(Br)cc3c2=O)c2ccccc21. The minimum atomic E-state index is -0.342. The molecular formula is C21H17BrN4O3. The molecule has 0 radical (unpaired) electrons. The van der Waals surface area contributed by atoms with Crippen molar-refractivity contribution in [1.29, 1.82) is 0 Å². The number of carbonyl (C=O) groups is 1. The molecule has 2 aromatic heterocycles. The first-order chi connectivity index (χ1) is 14.0. The first-order valence-corrected chi connectivity index (χ1v) is 9.65. The van der Waals surface area contributed by atoms with Crippen molar-refractivity contribution in [2.24, 2.45) is 5.10 Å². The van der Waals surface area contributed by atoms with Crippen LogP contribution in [0.2, 0.25) is 0 Å². The summed E-state index contributed by atoms with van der Waals surface area (Å²) < 4.78 is 8.65. The van der Waals surface area contributed by atoms with Crippen molar-refractivity contribution in [3.05, 3.63) is 74.9 Å². The van der Waals surface area contributed by atoms with Crippen molar-refractivity contribution in [3.63, 3.8) is 0 Å². The van der Waals surface area contributed by atoms with Crippen molar-refractivity contribution in [2.45, 2.75) is 13.5 Å². The highest BCUT2D eigenvalue weighted by Crippen LogP contribution is 2.20. The molecule has 146 valence electrons. The number of fused-ring (bicyclic) bond motifs is 2. The van der Waals surface area contributed by atoms with Gasteiger partial charge in [0.2, 0.25) is 0 Å². The van der Waals surface area contributed by atoms with Crippen LogP contribution in [0.3, 0.4) is 0 Å². The monoisotopic (exact) mass is 452 g/mol. The van der Waals surface area contributed by atoms with Gasteiger partial charge in [-0.2, -0.15) is 9.78 Å². The number of nitrogens with zero attached hydrogens (tertiary/aromatic N) is 4. The third-order valence-corrected chi connectivity index (χ3v) is 5.12. The predicted octanol–water partition coefficient (Wildman–Crippen LogP) is 3.48. The lowest BCUT2D eigenvalue weighted by molar-refractivity contribution is -0.141. The lowest BCUT2D eigenvalue weighted by Crippen LogP contribution is -2.20. The number of methoxy groups -OCH3 is 1. The average molecular weight is 453 g/mol. The van der Waals surface area contributed by atoms with E-state index < -0.39 is 0 Å². The van der Waals surface area contributed by atoms with Gasteiger partial charge in [-0.3, -0.25) is 9.59 Å². The summed E-state index contributed by atoms with van der Waals surface area (Å²) in [7, 11) is 1.36. The van der Waals surface area contributed by atoms with Gasteiger partial charge in [-0.05, 0) is 31.2 Å². The van der Waals surface area contributed by atoms with E-state index in [0.717, 1.165) is 20.9 Å². The second kappa shape index (κ2) is 7.63. The fourth-order valence-corrected chi connectivity index (χ4v) is 3.59. The maximum absolute atomic E-state index is 12.9. The minimum absolute atomic E-state index is 0.0926. The number of esters is 1. The number of ether oxygens (including phenoxy) is 1. The number of carbonyl (C=O) groups excluding carboxylic acids is 1. The first-order valence-electron chi connectivity index (χ1n) is 8.86. The molecule has 0 atom stereocenters. The van der Waals surface area contributed by atoms with E-state index in [0.29, 0.717) is 16.7 Å². The van der Waals surface area contributed by atoms with Crippen LogP contribution in [0, 0.1) is 6.92 Å². The molecular weight excluding hydrogens is 436 g/mol. The topological polar surface area (TPSA) is 78.5 Å². The lowest BCUT2D eigenvalue weighted by Gasteiger charge is -2.05. The van der Waals surface area contributed by atoms with Gasteiger partial charge in [0.05, 0.1) is 24.2 Å². The second-order valence-corrected chi connectivity index (χ2v) is 7.40. The molecule has 29 heavy (non-hydrogen) atoms. The van der Waals surface area contributed by atoms with Gasteiger partial charge >= 0.3 is 5.97 Å². The number of aromatic nitrogens is 3. The van der Waals surface area contributed by atoms with Gasteiger partial charge in [0.1, 0.15) is 12.4 Å². The van der Waals surface area contributed by atoms with Gasteiger partial charge in [0.15, 0.2) is 0 Å². The highest BCUT2D eigenvalue weighted by Gasteiger charge is 2.11. The average Bonchev–Trinajstić information content (AvgIpc) is 3.06. The Bertz CT molecular complexity index is 1340. The van der Waals surface area contributed by atoms with E-state index in [4.69, 9.17) is 4.74 Å². The van der Waals surface area contributed by atoms with Crippen LogP contribution in [0.15, 0.2) is 63.0 Å². The molecule has 4 rings (SSSR count). The van der Waals surface area contributed by atoms with Gasteiger partial charge in [0.25, 0.3) is 5.56 Å². The van der Waals surface area contributed by atoms with Crippen molar-refractivity contribution in [1.82, 2.24) is 14.2 Å². The molecule has 7 nitrogen and oxygen atoms in total. The summed E-state index contributed by atoms with van der Waals surface area (Å²) in [6.07, 6.45) is 3.42. The zero-order valence-corrected chi connectivity index (χ0v) is 17.4. The van der Waals surface area contributed by atoms with Gasteiger partial charge in [-0.15, -0.1) is 0 Å². The van der Waals surface area contributed by atoms with E-state index in [-0.39, 0.29) is 18.1 Å². The van der Waals surface area contributed by atoms with Crippen LogP contribution >= 0.6 is 15.9 Å². The first kappa shape index (κ1) is 19.1. The Morgan fingerprint density at radius 2 is 2.03 bits per heavy atom. The van der Waals surface area contributed by atoms with Crippen LogP contribution in [0.4, 0.5) is 0 Å². The minimum Gasteiger partial charge on any atom is -0.468 e. The number of aryl methyl sites for hydroxylation is 1. The number of halogens is 1. The van der Waals surface area contributed by atoms with Crippen LogP contribution in [-0.4, -0.2) is 33.5 Å². The molecule has 0 N–H and O–H groups in total. The molecule has 0 fully saturated rings. The molecule has 0 spiro atoms. The molecule has 0 aliphatic carbocycles. The van der Waals surface area contributed by atoms with Crippen LogP contribution < -0.4 is 5.56 Å². The Balaban J connectivity index is 1.81. The highest BCUT2D eigenvalue weighted by atomic mass is 79.9. The molecule has 0 unspecified atom stereocenters. The number of rotatable bonds is 4. The molecule has 8 heteroatoms. The van der Waals surface area contributed by atoms with Gasteiger partial charge in [-0.1, -0.05) is 34.1 Å². The summed E-state index contributed by atoms with van der Waals surface area (Å²) in [5.74, 6) is 0.144. The largest absolute Gasteiger partial charge is 0.468 e. The third-order valence-electron chi connectivity index (χ3n) is 4.63. The van der Waals surface area contributed by atoms with E-state index in [1.54, 1.807) is 29.8 Å². The van der Waals surface area contributed by atoms with E-state index in [9.17, 15) is 9.59 Å². The smallest absolute Gasteiger partial charge is 0.325 e. The molecule has 0 saturated carbocycles. The summed E-state index contributed by atoms with van der Waals surface area (Å²) in [6.45, 7) is 1.83. The third kappa shape index (κ3) is 3.58. The fraction of sp³-hybridized carbons (Fsp3) is 0.143. The molecule has 2 heterocycles. The van der Waals surface area contributed by atoms with Crippen LogP contribution in [0.25, 0.3) is 21.8 Å². The van der Waals surface area contributed by atoms with Gasteiger partial charge < -0.3 is 9.30 Å². The molecule has 0 saturated heterocycles. The Kier molecular flexibility index (Phi) is 5.02. The van der Waals surface area contributed by atoms with E-state index >= 15 is 0 Å². The van der Waals surface area contributed by atoms with E-state index in [2.05, 4.69) is 26.0 Å². The maximum atomic E-state index is 12.9. The van der Waals surface area contributed by atoms with E-state index in [1.165, 1.54) is 11.8 Å². The highest BCUT2D eigenvalue weighted by molar-refractivity contribution is 9.10. The quantitative estimate of drug-likeness (QED) is 0.350. The Hall–Kier alpha value is -3.26. The Morgan fingerprint density at radius 3 is 2.83 bits per heavy atom. The van der Waals surface area contributed by atoms with Crippen LogP contribution in [0.1, 0.15) is 11.4 Å².